The first-order valence-corrected chi connectivity index (χ1v) is 7.45. The Morgan fingerprint density at radius 3 is 2.53 bits per heavy atom. The van der Waals surface area contributed by atoms with Gasteiger partial charge < -0.3 is 0 Å². The van der Waals surface area contributed by atoms with Gasteiger partial charge >= 0.3 is 0 Å². The topological polar surface area (TPSA) is 0 Å². The molecule has 0 bridgehead atoms. The number of unbranched alkanes of at least 4 members (excludes halogenated alkanes) is 3. The minimum absolute atomic E-state index is 0.102. The molecule has 1 aromatic heterocycles. The highest BCUT2D eigenvalue weighted by Crippen LogP contribution is 2.19. The number of hydrogen-bond donors (Lipinski definition) is 0. The highest BCUT2D eigenvalue weighted by Gasteiger charge is 2.04. The van der Waals surface area contributed by atoms with Gasteiger partial charge in [-0.1, -0.05) is 38.0 Å². The molecule has 1 aromatic rings. The summed E-state index contributed by atoms with van der Waals surface area (Å²) in [7, 11) is 0. The van der Waals surface area contributed by atoms with Gasteiger partial charge in [0.05, 0.1) is 4.88 Å². The first-order chi connectivity index (χ1) is 8.01. The highest BCUT2D eigenvalue weighted by molar-refractivity contribution is 7.12. The standard InChI is InChI=1S/C16H24S/c1-5-6-7-8-9-14-10-11-15(17-14)12-13-16(2,3)4/h10-11H,5-9H2,1-4H3. The summed E-state index contributed by atoms with van der Waals surface area (Å²) >= 11 is 1.86. The lowest BCUT2D eigenvalue weighted by Gasteiger charge is -2.06. The van der Waals surface area contributed by atoms with Crippen LogP contribution in [0.1, 0.15) is 63.1 Å². The molecule has 17 heavy (non-hydrogen) atoms. The van der Waals surface area contributed by atoms with E-state index in [1.807, 2.05) is 11.3 Å². The zero-order valence-electron chi connectivity index (χ0n) is 11.6. The Hall–Kier alpha value is -0.740. The van der Waals surface area contributed by atoms with Crippen molar-refractivity contribution in [3.05, 3.63) is 21.9 Å². The molecular weight excluding hydrogens is 224 g/mol. The van der Waals surface area contributed by atoms with E-state index in [4.69, 9.17) is 0 Å². The van der Waals surface area contributed by atoms with Gasteiger partial charge in [-0.05, 0) is 45.7 Å². The SMILES string of the molecule is CCCCCCc1ccc(C#CC(C)(C)C)s1. The van der Waals surface area contributed by atoms with E-state index in [-0.39, 0.29) is 5.41 Å². The largest absolute Gasteiger partial charge is 0.132 e. The minimum Gasteiger partial charge on any atom is -0.132 e. The normalized spacial score (nSPS) is 11.1. The summed E-state index contributed by atoms with van der Waals surface area (Å²) in [5.41, 5.74) is 0.102. The summed E-state index contributed by atoms with van der Waals surface area (Å²) in [5.74, 6) is 6.56. The summed E-state index contributed by atoms with van der Waals surface area (Å²) in [6.45, 7) is 8.71. The minimum atomic E-state index is 0.102. The van der Waals surface area contributed by atoms with Crippen LogP contribution >= 0.6 is 11.3 Å². The monoisotopic (exact) mass is 248 g/mol. The summed E-state index contributed by atoms with van der Waals surface area (Å²) in [4.78, 5) is 2.70. The molecule has 0 amide bonds. The summed E-state index contributed by atoms with van der Waals surface area (Å²) in [6, 6.07) is 4.40. The molecule has 0 aliphatic rings. The predicted molar refractivity (Wildman–Crippen MR) is 78.5 cm³/mol. The third-order valence-electron chi connectivity index (χ3n) is 2.50. The van der Waals surface area contributed by atoms with Crippen molar-refractivity contribution in [3.8, 4) is 11.8 Å². The third-order valence-corrected chi connectivity index (χ3v) is 3.56. The van der Waals surface area contributed by atoms with E-state index in [0.29, 0.717) is 0 Å². The van der Waals surface area contributed by atoms with E-state index >= 15 is 0 Å². The Balaban J connectivity index is 2.45. The Morgan fingerprint density at radius 2 is 1.88 bits per heavy atom. The van der Waals surface area contributed by atoms with Crippen molar-refractivity contribution in [2.45, 2.75) is 59.8 Å². The molecule has 0 saturated carbocycles. The smallest absolute Gasteiger partial charge is 0.0771 e. The molecule has 1 heteroatoms. The van der Waals surface area contributed by atoms with E-state index < -0.39 is 0 Å². The molecule has 0 spiro atoms. The lowest BCUT2D eigenvalue weighted by molar-refractivity contribution is 0.571. The van der Waals surface area contributed by atoms with Gasteiger partial charge in [0.25, 0.3) is 0 Å². The predicted octanol–water partition coefficient (Wildman–Crippen LogP) is 5.27. The van der Waals surface area contributed by atoms with Crippen molar-refractivity contribution < 1.29 is 0 Å². The van der Waals surface area contributed by atoms with Crippen molar-refractivity contribution in [1.29, 1.82) is 0 Å². The molecule has 0 saturated heterocycles. The molecule has 1 heterocycles. The van der Waals surface area contributed by atoms with Crippen LogP contribution in [0.5, 0.6) is 0 Å². The van der Waals surface area contributed by atoms with Crippen LogP contribution in [0.3, 0.4) is 0 Å². The lowest BCUT2D eigenvalue weighted by atomic mass is 9.98. The maximum absolute atomic E-state index is 3.29. The van der Waals surface area contributed by atoms with E-state index in [2.05, 4.69) is 51.7 Å². The number of rotatable bonds is 5. The fourth-order valence-corrected chi connectivity index (χ4v) is 2.46. The van der Waals surface area contributed by atoms with E-state index in [0.717, 1.165) is 0 Å². The van der Waals surface area contributed by atoms with Crippen LogP contribution in [0.2, 0.25) is 0 Å². The maximum atomic E-state index is 3.29. The second-order valence-electron chi connectivity index (χ2n) is 5.58. The molecule has 1 rings (SSSR count). The van der Waals surface area contributed by atoms with Crippen molar-refractivity contribution in [2.75, 3.05) is 0 Å². The van der Waals surface area contributed by atoms with Gasteiger partial charge in [-0.3, -0.25) is 0 Å². The quantitative estimate of drug-likeness (QED) is 0.492. The van der Waals surface area contributed by atoms with Gasteiger partial charge in [0.15, 0.2) is 0 Å². The first-order valence-electron chi connectivity index (χ1n) is 6.63. The third kappa shape index (κ3) is 6.54. The van der Waals surface area contributed by atoms with E-state index in [1.54, 1.807) is 0 Å². The zero-order chi connectivity index (χ0) is 12.7. The highest BCUT2D eigenvalue weighted by atomic mass is 32.1. The summed E-state index contributed by atoms with van der Waals surface area (Å²) < 4.78 is 0. The van der Waals surface area contributed by atoms with Crippen molar-refractivity contribution >= 4 is 11.3 Å². The molecule has 0 aromatic carbocycles. The zero-order valence-corrected chi connectivity index (χ0v) is 12.4. The molecule has 0 aliphatic carbocycles. The average molecular weight is 248 g/mol. The van der Waals surface area contributed by atoms with Crippen molar-refractivity contribution in [1.82, 2.24) is 0 Å². The van der Waals surface area contributed by atoms with Crippen LogP contribution in [0.15, 0.2) is 12.1 Å². The Kier molecular flexibility index (Phi) is 5.78. The molecule has 0 fully saturated rings. The van der Waals surface area contributed by atoms with Crippen LogP contribution in [-0.2, 0) is 6.42 Å². The second kappa shape index (κ2) is 6.87. The Bertz CT molecular complexity index is 382. The molecule has 0 radical (unpaired) electrons. The van der Waals surface area contributed by atoms with Gasteiger partial charge in [-0.15, -0.1) is 11.3 Å². The molecule has 0 aliphatic heterocycles. The van der Waals surface area contributed by atoms with Crippen LogP contribution in [0, 0.1) is 17.3 Å². The van der Waals surface area contributed by atoms with Gasteiger partial charge in [0, 0.05) is 10.3 Å². The van der Waals surface area contributed by atoms with Crippen LogP contribution in [0.25, 0.3) is 0 Å². The first kappa shape index (κ1) is 14.3. The van der Waals surface area contributed by atoms with Gasteiger partial charge in [0.2, 0.25) is 0 Å². The van der Waals surface area contributed by atoms with Crippen molar-refractivity contribution in [2.24, 2.45) is 5.41 Å². The van der Waals surface area contributed by atoms with Crippen LogP contribution in [0.4, 0.5) is 0 Å². The molecule has 94 valence electrons. The number of thiophene rings is 1. The fraction of sp³-hybridized carbons (Fsp3) is 0.625. The molecule has 0 unspecified atom stereocenters. The molecule has 0 nitrogen and oxygen atoms in total. The second-order valence-corrected chi connectivity index (χ2v) is 6.74. The molecule has 0 N–H and O–H groups in total. The summed E-state index contributed by atoms with van der Waals surface area (Å²) in [5, 5.41) is 0. The van der Waals surface area contributed by atoms with E-state index in [9.17, 15) is 0 Å². The number of hydrogen-bond acceptors (Lipinski definition) is 1. The number of aryl methyl sites for hydroxylation is 1. The fourth-order valence-electron chi connectivity index (χ4n) is 1.55. The van der Waals surface area contributed by atoms with Crippen LogP contribution < -0.4 is 0 Å². The van der Waals surface area contributed by atoms with Gasteiger partial charge in [0.1, 0.15) is 0 Å². The van der Waals surface area contributed by atoms with Crippen molar-refractivity contribution in [3.63, 3.8) is 0 Å². The van der Waals surface area contributed by atoms with Gasteiger partial charge in [-0.25, -0.2) is 0 Å². The lowest BCUT2D eigenvalue weighted by Crippen LogP contribution is -1.98. The molecular formula is C16H24S. The van der Waals surface area contributed by atoms with E-state index in [1.165, 1.54) is 41.9 Å². The summed E-state index contributed by atoms with van der Waals surface area (Å²) in [6.07, 6.45) is 6.58. The maximum Gasteiger partial charge on any atom is 0.0771 e. The Labute approximate surface area is 110 Å². The Morgan fingerprint density at radius 1 is 1.12 bits per heavy atom. The van der Waals surface area contributed by atoms with Gasteiger partial charge in [-0.2, -0.15) is 0 Å². The average Bonchev–Trinajstić information content (AvgIpc) is 2.69. The van der Waals surface area contributed by atoms with Crippen LogP contribution in [-0.4, -0.2) is 0 Å². The molecule has 0 atom stereocenters.